The zero-order chi connectivity index (χ0) is 63.5. The van der Waals surface area contributed by atoms with Crippen LogP contribution in [0.25, 0.3) is 11.1 Å². The lowest BCUT2D eigenvalue weighted by Crippen LogP contribution is -2.15. The van der Waals surface area contributed by atoms with Crippen LogP contribution in [-0.2, 0) is 74.8 Å². The van der Waals surface area contributed by atoms with Gasteiger partial charge >= 0.3 is 35.8 Å². The van der Waals surface area contributed by atoms with Crippen molar-refractivity contribution in [2.24, 2.45) is 0 Å². The number of esters is 6. The number of hydrogen-bond acceptors (Lipinski definition) is 15. The third-order valence-electron chi connectivity index (χ3n) is 14.1. The summed E-state index contributed by atoms with van der Waals surface area (Å²) in [6.07, 6.45) is 14.6. The first-order valence-corrected chi connectivity index (χ1v) is 28.5. The molecule has 4 aromatic carbocycles. The fraction of sp³-hybridized carbons (Fsp3) is 0.310. The molecule has 86 heavy (non-hydrogen) atoms. The van der Waals surface area contributed by atoms with Crippen molar-refractivity contribution < 1.29 is 62.0 Å². The van der Waals surface area contributed by atoms with Gasteiger partial charge in [-0.2, -0.15) is 0 Å². The minimum absolute atomic E-state index is 0.0313. The van der Waals surface area contributed by atoms with E-state index >= 15 is 0 Å². The van der Waals surface area contributed by atoms with Crippen molar-refractivity contribution in [1.29, 1.82) is 0 Å². The van der Waals surface area contributed by atoms with Gasteiger partial charge in [0.05, 0.1) is 37.0 Å². The van der Waals surface area contributed by atoms with Crippen molar-refractivity contribution in [1.82, 2.24) is 0 Å². The number of nitrogens with zero attached hydrogens (tertiary/aromatic N) is 2. The highest BCUT2D eigenvalue weighted by Crippen LogP contribution is 2.37. The number of benzene rings is 4. The summed E-state index contributed by atoms with van der Waals surface area (Å²) in [6.45, 7) is 34.0. The zero-order valence-electron chi connectivity index (χ0n) is 51.4. The number of rotatable bonds is 34. The smallest absolute Gasteiger partial charge is 0.336 e. The van der Waals surface area contributed by atoms with E-state index in [1.807, 2.05) is 70.4 Å². The molecule has 0 N–H and O–H groups in total. The maximum atomic E-state index is 12.8. The Hall–Kier alpha value is -9.37. The fourth-order valence-corrected chi connectivity index (χ4v) is 8.98. The molecular weight excluding hydrogens is 1090 g/mol. The quantitative estimate of drug-likeness (QED) is 0.0141. The van der Waals surface area contributed by atoms with Crippen LogP contribution >= 0.6 is 0 Å². The van der Waals surface area contributed by atoms with Gasteiger partial charge in [-0.3, -0.25) is 14.4 Å². The average molecular weight is 1170 g/mol. The molecule has 0 aliphatic carbocycles. The normalized spacial score (nSPS) is 11.6. The molecule has 4 aromatic rings. The van der Waals surface area contributed by atoms with Crippen LogP contribution in [0.2, 0.25) is 0 Å². The van der Waals surface area contributed by atoms with Crippen molar-refractivity contribution >= 4 is 64.9 Å². The number of hydrogen-bond donors (Lipinski definition) is 0. The molecule has 15 heteroatoms. The number of methoxy groups -OCH3 is 1. The van der Waals surface area contributed by atoms with Crippen molar-refractivity contribution in [3.8, 4) is 11.1 Å². The van der Waals surface area contributed by atoms with Gasteiger partial charge in [0.25, 0.3) is 0 Å². The molecule has 0 heterocycles. The van der Waals surface area contributed by atoms with E-state index in [-0.39, 0.29) is 69.0 Å². The molecule has 454 valence electrons. The summed E-state index contributed by atoms with van der Waals surface area (Å²) in [7, 11) is 1.23. The molecule has 15 nitrogen and oxygen atoms in total. The number of aldehydes is 1. The molecule has 0 radical (unpaired) electrons. The third kappa shape index (κ3) is 21.1. The predicted octanol–water partition coefficient (Wildman–Crippen LogP) is 14.1. The van der Waals surface area contributed by atoms with Crippen LogP contribution < -0.4 is 9.80 Å². The van der Waals surface area contributed by atoms with Gasteiger partial charge in [-0.1, -0.05) is 69.3 Å². The van der Waals surface area contributed by atoms with Gasteiger partial charge in [0, 0.05) is 60.8 Å². The van der Waals surface area contributed by atoms with Crippen LogP contribution in [-0.4, -0.2) is 82.2 Å². The minimum Gasteiger partial charge on any atom is -0.466 e. The lowest BCUT2D eigenvalue weighted by Gasteiger charge is -2.26. The Bertz CT molecular complexity index is 3330. The largest absolute Gasteiger partial charge is 0.466 e. The van der Waals surface area contributed by atoms with E-state index in [4.69, 9.17) is 23.7 Å². The highest BCUT2D eigenvalue weighted by Gasteiger charge is 2.19. The second-order valence-corrected chi connectivity index (χ2v) is 20.4. The predicted molar refractivity (Wildman–Crippen MR) is 339 cm³/mol. The van der Waals surface area contributed by atoms with E-state index in [1.165, 1.54) is 7.11 Å². The number of allylic oxidation sites excluding steroid dienone is 8. The molecule has 0 fully saturated rings. The van der Waals surface area contributed by atoms with E-state index < -0.39 is 35.8 Å². The third-order valence-corrected chi connectivity index (χ3v) is 14.1. The first kappa shape index (κ1) is 69.1. The Balaban J connectivity index is 1.72. The SMILES string of the molecule is C=CC(CCC(=O)OCC(=C)C(=O)OC)=C(C)C=CN(c1ccc(CCC(=O)OCC(=C)C(=O)OCC)c(C)c1)c1ccc(-c2ccc(N(C=CC(C)=C(C=C)CCC(=O)OCC(=C)C(=O)OCC)c3ccc(CCC=O)c(C)c3)c(C)c2)cc1C. The molecule has 0 aliphatic heterocycles. The Morgan fingerprint density at radius 2 is 0.884 bits per heavy atom. The standard InChI is InChI=1S/C71H82N2O13/c1-15-56(25-32-66(75)84-44-53(11)69(78)81-14)48(6)36-38-73(63-29-22-59(50(8)43-63)27-34-68(77)86-46-55(13)71(80)83-18-4)65-31-24-61(41-52(65)10)60-23-30-64(51(9)40-60)72(62-28-21-58(20-19-39-74)49(7)42-62)37-35-47(5)57(16-2)26-33-67(76)85-45-54(12)70(79)82-17-3/h15-16,21-24,28-31,35-43H,1-2,11-13,17-20,25-27,32-34,44-46H2,3-10,14H3. The Morgan fingerprint density at radius 3 is 1.24 bits per heavy atom. The summed E-state index contributed by atoms with van der Waals surface area (Å²) in [6, 6.07) is 24.9. The average Bonchev–Trinajstić information content (AvgIpc) is 3.51. The van der Waals surface area contributed by atoms with Crippen LogP contribution in [0.15, 0.2) is 181 Å². The first-order valence-electron chi connectivity index (χ1n) is 28.5. The van der Waals surface area contributed by atoms with Gasteiger partial charge in [-0.15, -0.1) is 0 Å². The first-order chi connectivity index (χ1) is 41.1. The summed E-state index contributed by atoms with van der Waals surface area (Å²) in [5, 5.41) is 0. The van der Waals surface area contributed by atoms with Crippen LogP contribution in [0, 0.1) is 27.7 Å². The maximum Gasteiger partial charge on any atom is 0.336 e. The van der Waals surface area contributed by atoms with Crippen LogP contribution in [0.3, 0.4) is 0 Å². The monoisotopic (exact) mass is 1170 g/mol. The number of carbonyl (C=O) groups excluding carboxylic acids is 7. The molecule has 0 atom stereocenters. The minimum atomic E-state index is -0.653. The summed E-state index contributed by atoms with van der Waals surface area (Å²) >= 11 is 0. The van der Waals surface area contributed by atoms with Crippen molar-refractivity contribution in [2.75, 3.05) is 49.9 Å². The van der Waals surface area contributed by atoms with Crippen LogP contribution in [0.4, 0.5) is 22.7 Å². The molecule has 0 bridgehead atoms. The molecule has 0 aromatic heterocycles. The summed E-state index contributed by atoms with van der Waals surface area (Å²) < 4.78 is 30.4. The van der Waals surface area contributed by atoms with Gasteiger partial charge < -0.3 is 43.0 Å². The number of aryl methyl sites for hydroxylation is 6. The number of ether oxygens (including phenoxy) is 6. The molecule has 0 amide bonds. The van der Waals surface area contributed by atoms with E-state index in [0.29, 0.717) is 32.1 Å². The van der Waals surface area contributed by atoms with E-state index in [2.05, 4.69) is 116 Å². The fourth-order valence-electron chi connectivity index (χ4n) is 8.98. The highest BCUT2D eigenvalue weighted by molar-refractivity contribution is 5.89. The summed E-state index contributed by atoms with van der Waals surface area (Å²) in [5.74, 6) is -3.33. The molecule has 0 unspecified atom stereocenters. The summed E-state index contributed by atoms with van der Waals surface area (Å²) in [4.78, 5) is 89.4. The van der Waals surface area contributed by atoms with Crippen LogP contribution in [0.1, 0.15) is 99.6 Å². The highest BCUT2D eigenvalue weighted by atomic mass is 16.6. The molecule has 0 spiro atoms. The Kier molecular flexibility index (Phi) is 28.2. The van der Waals surface area contributed by atoms with Crippen molar-refractivity contribution in [2.45, 2.75) is 107 Å². The summed E-state index contributed by atoms with van der Waals surface area (Å²) in [5.41, 5.74) is 15.0. The van der Waals surface area contributed by atoms with Crippen molar-refractivity contribution in [3.05, 3.63) is 215 Å². The van der Waals surface area contributed by atoms with Crippen LogP contribution in [0.5, 0.6) is 0 Å². The molecule has 0 aliphatic rings. The van der Waals surface area contributed by atoms with Crippen molar-refractivity contribution in [3.63, 3.8) is 0 Å². The second kappa shape index (κ2) is 35.0. The van der Waals surface area contributed by atoms with Gasteiger partial charge in [0.1, 0.15) is 26.1 Å². The van der Waals surface area contributed by atoms with Gasteiger partial charge in [0.2, 0.25) is 0 Å². The Labute approximate surface area is 507 Å². The zero-order valence-corrected chi connectivity index (χ0v) is 51.4. The number of anilines is 4. The molecule has 0 saturated carbocycles. The van der Waals surface area contributed by atoms with Gasteiger partial charge in [-0.05, 0) is 209 Å². The lowest BCUT2D eigenvalue weighted by molar-refractivity contribution is -0.146. The molecule has 4 rings (SSSR count). The second-order valence-electron chi connectivity index (χ2n) is 20.4. The maximum absolute atomic E-state index is 12.8. The van der Waals surface area contributed by atoms with Gasteiger partial charge in [-0.25, -0.2) is 14.4 Å². The topological polar surface area (TPSA) is 181 Å². The molecule has 0 saturated heterocycles. The molecular formula is C71H82N2O13. The van der Waals surface area contributed by atoms with E-state index in [1.54, 1.807) is 26.0 Å². The number of carbonyl (C=O) groups is 7. The van der Waals surface area contributed by atoms with E-state index in [0.717, 1.165) is 95.8 Å². The lowest BCUT2D eigenvalue weighted by atomic mass is 9.98. The van der Waals surface area contributed by atoms with Gasteiger partial charge in [0.15, 0.2) is 0 Å². The Morgan fingerprint density at radius 1 is 0.488 bits per heavy atom. The van der Waals surface area contributed by atoms with E-state index in [9.17, 15) is 33.6 Å².